The molecule has 0 saturated carbocycles. The van der Waals surface area contributed by atoms with E-state index in [-0.39, 0.29) is 5.56 Å². The van der Waals surface area contributed by atoms with Crippen molar-refractivity contribution in [3.05, 3.63) is 74.4 Å². The van der Waals surface area contributed by atoms with Crippen molar-refractivity contribution in [2.75, 3.05) is 0 Å². The molecule has 24 heavy (non-hydrogen) atoms. The van der Waals surface area contributed by atoms with Gasteiger partial charge in [-0.05, 0) is 44.9 Å². The van der Waals surface area contributed by atoms with Gasteiger partial charge in [0.2, 0.25) is 0 Å². The first-order valence-electron chi connectivity index (χ1n) is 7.35. The van der Waals surface area contributed by atoms with E-state index in [1.54, 1.807) is 31.5 Å². The molecule has 3 rings (SSSR count). The molecule has 0 spiro atoms. The zero-order valence-corrected chi connectivity index (χ0v) is 14.3. The summed E-state index contributed by atoms with van der Waals surface area (Å²) in [5.41, 5.74) is 3.66. The van der Waals surface area contributed by atoms with Gasteiger partial charge in [-0.25, -0.2) is 9.97 Å². The number of imidazole rings is 1. The van der Waals surface area contributed by atoms with E-state index in [1.165, 1.54) is 0 Å². The number of nitrogens with zero attached hydrogens (tertiary/aromatic N) is 3. The molecule has 0 aliphatic carbocycles. The lowest BCUT2D eigenvalue weighted by Gasteiger charge is -2.09. The predicted molar refractivity (Wildman–Crippen MR) is 93.6 cm³/mol. The van der Waals surface area contributed by atoms with E-state index in [9.17, 15) is 4.79 Å². The maximum absolute atomic E-state index is 11.8. The maximum Gasteiger partial charge on any atom is 0.252 e. The first-order chi connectivity index (χ1) is 11.5. The number of rotatable bonds is 1. The molecule has 6 heteroatoms. The Morgan fingerprint density at radius 2 is 2.00 bits per heavy atom. The molecule has 0 aliphatic heterocycles. The summed E-state index contributed by atoms with van der Waals surface area (Å²) in [6.45, 7) is 5.61. The first kappa shape index (κ1) is 16.0. The summed E-state index contributed by atoms with van der Waals surface area (Å²) in [6.07, 6.45) is 3.25. The van der Waals surface area contributed by atoms with Gasteiger partial charge in [0, 0.05) is 23.5 Å². The van der Waals surface area contributed by atoms with Crippen molar-refractivity contribution in [2.24, 2.45) is 0 Å². The Kier molecular flexibility index (Phi) is 4.24. The summed E-state index contributed by atoms with van der Waals surface area (Å²) >= 11 is 5.87. The van der Waals surface area contributed by atoms with Crippen LogP contribution in [0.2, 0.25) is 5.15 Å². The van der Waals surface area contributed by atoms with Crippen molar-refractivity contribution in [2.45, 2.75) is 20.8 Å². The van der Waals surface area contributed by atoms with E-state index < -0.39 is 0 Å². The molecule has 0 fully saturated rings. The lowest BCUT2D eigenvalue weighted by molar-refractivity contribution is 0.920. The zero-order chi connectivity index (χ0) is 17.3. The standard InChI is InChI=1S/C18H15ClN4O/c1-11-16(7-9-21-18(11)24)23-12(2)15(22-13(23)3)5-4-14-6-8-20-17(19)10-14/h6-10H,1-3H3,(H,21,24). The monoisotopic (exact) mass is 338 g/mol. The number of halogens is 1. The van der Waals surface area contributed by atoms with Crippen LogP contribution >= 0.6 is 11.6 Å². The molecule has 1 N–H and O–H groups in total. The SMILES string of the molecule is Cc1c(-n2c(C)nc(C#Cc3ccnc(Cl)c3)c2C)cc[nH]c1=O. The minimum atomic E-state index is -0.112. The summed E-state index contributed by atoms with van der Waals surface area (Å²) in [7, 11) is 0. The van der Waals surface area contributed by atoms with Crippen LogP contribution in [0.15, 0.2) is 35.4 Å². The molecule has 0 amide bonds. The first-order valence-corrected chi connectivity index (χ1v) is 7.73. The second-order valence-electron chi connectivity index (χ2n) is 5.36. The normalized spacial score (nSPS) is 10.3. The van der Waals surface area contributed by atoms with E-state index in [0.717, 1.165) is 22.8 Å². The van der Waals surface area contributed by atoms with Crippen LogP contribution in [-0.4, -0.2) is 19.5 Å². The van der Waals surface area contributed by atoms with Crippen LogP contribution in [0.4, 0.5) is 0 Å². The molecule has 0 unspecified atom stereocenters. The average molecular weight is 339 g/mol. The Bertz CT molecular complexity index is 1040. The quantitative estimate of drug-likeness (QED) is 0.548. The molecule has 0 aliphatic rings. The fourth-order valence-corrected chi connectivity index (χ4v) is 2.69. The molecular weight excluding hydrogens is 324 g/mol. The fourth-order valence-electron chi connectivity index (χ4n) is 2.51. The molecule has 120 valence electrons. The van der Waals surface area contributed by atoms with E-state index >= 15 is 0 Å². The molecule has 0 atom stereocenters. The maximum atomic E-state index is 11.8. The van der Waals surface area contributed by atoms with E-state index in [1.807, 2.05) is 24.5 Å². The van der Waals surface area contributed by atoms with E-state index in [4.69, 9.17) is 11.6 Å². The van der Waals surface area contributed by atoms with Crippen LogP contribution in [0.1, 0.15) is 28.3 Å². The minimum Gasteiger partial charge on any atom is -0.329 e. The number of aromatic amines is 1. The van der Waals surface area contributed by atoms with Crippen LogP contribution in [0.25, 0.3) is 5.69 Å². The van der Waals surface area contributed by atoms with Gasteiger partial charge in [-0.15, -0.1) is 0 Å². The minimum absolute atomic E-state index is 0.112. The summed E-state index contributed by atoms with van der Waals surface area (Å²) in [4.78, 5) is 23.0. The van der Waals surface area contributed by atoms with E-state index in [0.29, 0.717) is 16.4 Å². The smallest absolute Gasteiger partial charge is 0.252 e. The predicted octanol–water partition coefficient (Wildman–Crippen LogP) is 2.93. The number of nitrogens with one attached hydrogen (secondary N) is 1. The third-order valence-corrected chi connectivity index (χ3v) is 3.96. The molecule has 3 heterocycles. The molecule has 0 bridgehead atoms. The van der Waals surface area contributed by atoms with Crippen LogP contribution in [0.5, 0.6) is 0 Å². The lowest BCUT2D eigenvalue weighted by Crippen LogP contribution is -2.13. The fraction of sp³-hybridized carbons (Fsp3) is 0.167. The van der Waals surface area contributed by atoms with Gasteiger partial charge in [0.1, 0.15) is 16.7 Å². The van der Waals surface area contributed by atoms with Crippen LogP contribution < -0.4 is 5.56 Å². The number of aromatic nitrogens is 4. The average Bonchev–Trinajstić information content (AvgIpc) is 2.83. The third-order valence-electron chi connectivity index (χ3n) is 3.75. The number of H-pyrrole nitrogens is 1. The van der Waals surface area contributed by atoms with Gasteiger partial charge in [0.15, 0.2) is 0 Å². The Morgan fingerprint density at radius 1 is 1.21 bits per heavy atom. The lowest BCUT2D eigenvalue weighted by atomic mass is 10.2. The van der Waals surface area contributed by atoms with Crippen molar-refractivity contribution in [3.8, 4) is 17.5 Å². The Hall–Kier alpha value is -2.84. The number of pyridine rings is 2. The summed E-state index contributed by atoms with van der Waals surface area (Å²) < 4.78 is 1.94. The van der Waals surface area contributed by atoms with Crippen LogP contribution in [0, 0.1) is 32.6 Å². The molecule has 3 aromatic heterocycles. The third kappa shape index (κ3) is 2.97. The van der Waals surface area contributed by atoms with Gasteiger partial charge in [0.25, 0.3) is 5.56 Å². The largest absolute Gasteiger partial charge is 0.329 e. The van der Waals surface area contributed by atoms with Crippen LogP contribution in [0.3, 0.4) is 0 Å². The van der Waals surface area contributed by atoms with Crippen molar-refractivity contribution < 1.29 is 0 Å². The van der Waals surface area contributed by atoms with Gasteiger partial charge in [-0.2, -0.15) is 0 Å². The molecule has 5 nitrogen and oxygen atoms in total. The highest BCUT2D eigenvalue weighted by Gasteiger charge is 2.13. The van der Waals surface area contributed by atoms with Crippen molar-refractivity contribution >= 4 is 11.6 Å². The van der Waals surface area contributed by atoms with Gasteiger partial charge >= 0.3 is 0 Å². The highest BCUT2D eigenvalue weighted by Crippen LogP contribution is 2.18. The Balaban J connectivity index is 2.08. The second-order valence-corrected chi connectivity index (χ2v) is 5.75. The summed E-state index contributed by atoms with van der Waals surface area (Å²) in [5.74, 6) is 6.89. The summed E-state index contributed by atoms with van der Waals surface area (Å²) in [6, 6.07) is 5.35. The van der Waals surface area contributed by atoms with Gasteiger partial charge in [-0.3, -0.25) is 9.36 Å². The molecular formula is C18H15ClN4O. The number of hydrogen-bond donors (Lipinski definition) is 1. The van der Waals surface area contributed by atoms with Crippen molar-refractivity contribution in [1.29, 1.82) is 0 Å². The Morgan fingerprint density at radius 3 is 2.75 bits per heavy atom. The van der Waals surface area contributed by atoms with Gasteiger partial charge in [-0.1, -0.05) is 17.5 Å². The number of hydrogen-bond acceptors (Lipinski definition) is 3. The van der Waals surface area contributed by atoms with Crippen molar-refractivity contribution in [3.63, 3.8) is 0 Å². The highest BCUT2D eigenvalue weighted by atomic mass is 35.5. The Labute approximate surface area is 144 Å². The topological polar surface area (TPSA) is 63.6 Å². The highest BCUT2D eigenvalue weighted by molar-refractivity contribution is 6.29. The summed E-state index contributed by atoms with van der Waals surface area (Å²) in [5, 5.41) is 0.402. The van der Waals surface area contributed by atoms with Gasteiger partial charge < -0.3 is 4.98 Å². The van der Waals surface area contributed by atoms with Crippen molar-refractivity contribution in [1.82, 2.24) is 19.5 Å². The molecule has 0 aromatic carbocycles. The van der Waals surface area contributed by atoms with E-state index in [2.05, 4.69) is 26.8 Å². The molecule has 0 saturated heterocycles. The van der Waals surface area contributed by atoms with Crippen LogP contribution in [-0.2, 0) is 0 Å². The second kappa shape index (κ2) is 6.34. The molecule has 3 aromatic rings. The zero-order valence-electron chi connectivity index (χ0n) is 13.5. The number of aryl methyl sites for hydroxylation is 1. The molecule has 0 radical (unpaired) electrons. The van der Waals surface area contributed by atoms with Gasteiger partial charge in [0.05, 0.1) is 11.4 Å².